The highest BCUT2D eigenvalue weighted by Gasteiger charge is 2.30. The second-order valence-corrected chi connectivity index (χ2v) is 4.08. The summed E-state index contributed by atoms with van der Waals surface area (Å²) < 4.78 is 0. The first-order chi connectivity index (χ1) is 6.18. The molecule has 1 aliphatic carbocycles. The van der Waals surface area contributed by atoms with Crippen LogP contribution in [0, 0.1) is 5.92 Å². The van der Waals surface area contributed by atoms with Gasteiger partial charge in [0.05, 0.1) is 6.04 Å². The van der Waals surface area contributed by atoms with E-state index in [4.69, 9.17) is 0 Å². The van der Waals surface area contributed by atoms with Gasteiger partial charge in [-0.2, -0.15) is 5.10 Å². The smallest absolute Gasteiger partial charge is 0.0770 e. The number of hydrazone groups is 1. The van der Waals surface area contributed by atoms with E-state index in [1.54, 1.807) is 0 Å². The molecule has 2 unspecified atom stereocenters. The van der Waals surface area contributed by atoms with Crippen LogP contribution < -0.4 is 0 Å². The fourth-order valence-electron chi connectivity index (χ4n) is 1.94. The Morgan fingerprint density at radius 3 is 2.92 bits per heavy atom. The molecular weight excluding hydrogens is 160 g/mol. The Kier molecular flexibility index (Phi) is 1.98. The first kappa shape index (κ1) is 8.54. The highest BCUT2D eigenvalue weighted by atomic mass is 15.5. The Morgan fingerprint density at radius 1 is 1.46 bits per heavy atom. The minimum atomic E-state index is 0.462. The SMILES string of the molecule is CC1=CC2C=NN(C(C)C)C2C=C1. The van der Waals surface area contributed by atoms with Gasteiger partial charge in [0.1, 0.15) is 0 Å². The summed E-state index contributed by atoms with van der Waals surface area (Å²) >= 11 is 0. The molecule has 0 saturated carbocycles. The van der Waals surface area contributed by atoms with Crippen LogP contribution in [-0.2, 0) is 0 Å². The maximum atomic E-state index is 4.43. The van der Waals surface area contributed by atoms with Gasteiger partial charge in [-0.1, -0.05) is 23.8 Å². The third kappa shape index (κ3) is 1.41. The maximum Gasteiger partial charge on any atom is 0.0770 e. The van der Waals surface area contributed by atoms with Crippen molar-refractivity contribution in [2.24, 2.45) is 11.0 Å². The molecule has 0 aromatic carbocycles. The van der Waals surface area contributed by atoms with Gasteiger partial charge in [-0.3, -0.25) is 5.01 Å². The molecule has 0 aromatic rings. The average Bonchev–Trinajstić information content (AvgIpc) is 2.46. The fraction of sp³-hybridized carbons (Fsp3) is 0.545. The molecule has 1 heterocycles. The van der Waals surface area contributed by atoms with Crippen LogP contribution in [0.5, 0.6) is 0 Å². The molecule has 0 bridgehead atoms. The third-order valence-corrected chi connectivity index (χ3v) is 2.61. The molecule has 0 saturated heterocycles. The van der Waals surface area contributed by atoms with Crippen molar-refractivity contribution in [1.82, 2.24) is 5.01 Å². The predicted octanol–water partition coefficient (Wildman–Crippen LogP) is 2.20. The van der Waals surface area contributed by atoms with Gasteiger partial charge in [0, 0.05) is 18.2 Å². The summed E-state index contributed by atoms with van der Waals surface area (Å²) in [4.78, 5) is 0. The van der Waals surface area contributed by atoms with Gasteiger partial charge < -0.3 is 0 Å². The van der Waals surface area contributed by atoms with E-state index in [0.29, 0.717) is 18.0 Å². The highest BCUT2D eigenvalue weighted by Crippen LogP contribution is 2.26. The molecule has 0 aromatic heterocycles. The Morgan fingerprint density at radius 2 is 2.23 bits per heavy atom. The Hall–Kier alpha value is -1.05. The van der Waals surface area contributed by atoms with Gasteiger partial charge in [-0.25, -0.2) is 0 Å². The highest BCUT2D eigenvalue weighted by molar-refractivity contribution is 5.68. The van der Waals surface area contributed by atoms with Crippen LogP contribution in [-0.4, -0.2) is 23.3 Å². The Balaban J connectivity index is 2.20. The standard InChI is InChI=1S/C11H16N2/c1-8(2)13-11-5-4-9(3)6-10(11)7-12-13/h4-8,10-11H,1-3H3. The molecule has 2 aliphatic rings. The summed E-state index contributed by atoms with van der Waals surface area (Å²) in [5, 5.41) is 6.60. The van der Waals surface area contributed by atoms with Gasteiger partial charge in [0.2, 0.25) is 0 Å². The number of hydrogen-bond donors (Lipinski definition) is 0. The zero-order valence-electron chi connectivity index (χ0n) is 8.44. The second-order valence-electron chi connectivity index (χ2n) is 4.08. The van der Waals surface area contributed by atoms with E-state index in [1.807, 2.05) is 0 Å². The van der Waals surface area contributed by atoms with Crippen molar-refractivity contribution in [1.29, 1.82) is 0 Å². The van der Waals surface area contributed by atoms with E-state index in [1.165, 1.54) is 5.57 Å². The number of allylic oxidation sites excluding steroid dienone is 2. The number of nitrogens with zero attached hydrogens (tertiary/aromatic N) is 2. The van der Waals surface area contributed by atoms with Gasteiger partial charge in [-0.05, 0) is 20.8 Å². The van der Waals surface area contributed by atoms with Crippen molar-refractivity contribution in [3.8, 4) is 0 Å². The molecule has 13 heavy (non-hydrogen) atoms. The first-order valence-electron chi connectivity index (χ1n) is 4.87. The van der Waals surface area contributed by atoms with E-state index in [2.05, 4.69) is 55.3 Å². The minimum absolute atomic E-state index is 0.462. The van der Waals surface area contributed by atoms with Crippen LogP contribution in [0.3, 0.4) is 0 Å². The predicted molar refractivity (Wildman–Crippen MR) is 55.6 cm³/mol. The lowest BCUT2D eigenvalue weighted by molar-refractivity contribution is 0.199. The normalized spacial score (nSPS) is 31.1. The molecule has 2 nitrogen and oxygen atoms in total. The van der Waals surface area contributed by atoms with Crippen molar-refractivity contribution in [2.75, 3.05) is 0 Å². The molecule has 2 heteroatoms. The monoisotopic (exact) mass is 176 g/mol. The molecule has 2 rings (SSSR count). The minimum Gasteiger partial charge on any atom is -0.287 e. The van der Waals surface area contributed by atoms with E-state index in [9.17, 15) is 0 Å². The van der Waals surface area contributed by atoms with Crippen LogP contribution in [0.25, 0.3) is 0 Å². The van der Waals surface area contributed by atoms with Crippen LogP contribution in [0.2, 0.25) is 0 Å². The zero-order chi connectivity index (χ0) is 9.42. The maximum absolute atomic E-state index is 4.43. The molecule has 2 atom stereocenters. The van der Waals surface area contributed by atoms with Crippen LogP contribution in [0.1, 0.15) is 20.8 Å². The lowest BCUT2D eigenvalue weighted by Gasteiger charge is -2.29. The lowest BCUT2D eigenvalue weighted by Crippen LogP contribution is -2.35. The molecule has 70 valence electrons. The van der Waals surface area contributed by atoms with Gasteiger partial charge >= 0.3 is 0 Å². The zero-order valence-corrected chi connectivity index (χ0v) is 8.44. The first-order valence-corrected chi connectivity index (χ1v) is 4.87. The average molecular weight is 176 g/mol. The van der Waals surface area contributed by atoms with E-state index in [0.717, 1.165) is 0 Å². The van der Waals surface area contributed by atoms with Crippen LogP contribution in [0.4, 0.5) is 0 Å². The largest absolute Gasteiger partial charge is 0.287 e. The summed E-state index contributed by atoms with van der Waals surface area (Å²) in [6.45, 7) is 6.50. The molecule has 1 aliphatic heterocycles. The number of fused-ring (bicyclic) bond motifs is 1. The quantitative estimate of drug-likeness (QED) is 0.598. The van der Waals surface area contributed by atoms with E-state index in [-0.39, 0.29) is 0 Å². The summed E-state index contributed by atoms with van der Waals surface area (Å²) in [6, 6.07) is 0.950. The van der Waals surface area contributed by atoms with Crippen molar-refractivity contribution < 1.29 is 0 Å². The van der Waals surface area contributed by atoms with Gasteiger partial charge in [0.15, 0.2) is 0 Å². The molecular formula is C11H16N2. The molecule has 0 fully saturated rings. The number of rotatable bonds is 1. The summed E-state index contributed by atoms with van der Waals surface area (Å²) in [5.74, 6) is 0.493. The lowest BCUT2D eigenvalue weighted by atomic mass is 9.93. The summed E-state index contributed by atoms with van der Waals surface area (Å²) in [6.07, 6.45) is 8.78. The molecule has 0 N–H and O–H groups in total. The Labute approximate surface area is 79.6 Å². The second kappa shape index (κ2) is 3.02. The number of hydrogen-bond acceptors (Lipinski definition) is 2. The van der Waals surface area contributed by atoms with E-state index >= 15 is 0 Å². The van der Waals surface area contributed by atoms with Crippen molar-refractivity contribution in [3.05, 3.63) is 23.8 Å². The molecule has 0 amide bonds. The summed E-state index contributed by atoms with van der Waals surface area (Å²) in [5.41, 5.74) is 1.35. The fourth-order valence-corrected chi connectivity index (χ4v) is 1.94. The molecule has 0 radical (unpaired) electrons. The van der Waals surface area contributed by atoms with Gasteiger partial charge in [-0.15, -0.1) is 0 Å². The van der Waals surface area contributed by atoms with Crippen LogP contribution in [0.15, 0.2) is 28.9 Å². The van der Waals surface area contributed by atoms with Crippen molar-refractivity contribution >= 4 is 6.21 Å². The topological polar surface area (TPSA) is 15.6 Å². The van der Waals surface area contributed by atoms with Gasteiger partial charge in [0.25, 0.3) is 0 Å². The molecule has 0 spiro atoms. The van der Waals surface area contributed by atoms with Crippen molar-refractivity contribution in [3.63, 3.8) is 0 Å². The summed E-state index contributed by atoms with van der Waals surface area (Å²) in [7, 11) is 0. The van der Waals surface area contributed by atoms with Crippen molar-refractivity contribution in [2.45, 2.75) is 32.9 Å². The Bertz CT molecular complexity index is 286. The van der Waals surface area contributed by atoms with Crippen LogP contribution >= 0.6 is 0 Å². The third-order valence-electron chi connectivity index (χ3n) is 2.61. The van der Waals surface area contributed by atoms with E-state index < -0.39 is 0 Å².